The monoisotopic (exact) mass is 279 g/mol. The second-order valence-corrected chi connectivity index (χ2v) is 4.52. The Bertz CT molecular complexity index is 577. The van der Waals surface area contributed by atoms with E-state index in [9.17, 15) is 13.9 Å². The maximum atomic E-state index is 13.5. The van der Waals surface area contributed by atoms with Crippen molar-refractivity contribution in [1.29, 1.82) is 0 Å². The van der Waals surface area contributed by atoms with E-state index in [2.05, 4.69) is 0 Å². The summed E-state index contributed by atoms with van der Waals surface area (Å²) in [6.07, 6.45) is 0. The van der Waals surface area contributed by atoms with Crippen LogP contribution in [0.4, 0.5) is 8.78 Å². The number of aliphatic hydroxyl groups is 1. The lowest BCUT2D eigenvalue weighted by molar-refractivity contribution is 0.130. The molecule has 5 heteroatoms. The van der Waals surface area contributed by atoms with Crippen molar-refractivity contribution in [3.63, 3.8) is 0 Å². The Morgan fingerprint density at radius 2 is 1.75 bits per heavy atom. The summed E-state index contributed by atoms with van der Waals surface area (Å²) < 4.78 is 31.8. The van der Waals surface area contributed by atoms with Crippen LogP contribution < -0.4 is 10.5 Å². The number of ether oxygens (including phenoxy) is 1. The number of rotatable bonds is 5. The number of halogens is 2. The van der Waals surface area contributed by atoms with Gasteiger partial charge in [-0.3, -0.25) is 0 Å². The third-order valence-corrected chi connectivity index (χ3v) is 3.03. The van der Waals surface area contributed by atoms with Gasteiger partial charge in [0.1, 0.15) is 6.61 Å². The van der Waals surface area contributed by atoms with Gasteiger partial charge in [-0.05, 0) is 17.7 Å². The summed E-state index contributed by atoms with van der Waals surface area (Å²) in [5.74, 6) is -2.29. The second kappa shape index (κ2) is 5.98. The quantitative estimate of drug-likeness (QED) is 0.882. The first-order valence-electron chi connectivity index (χ1n) is 6.09. The fourth-order valence-electron chi connectivity index (χ4n) is 1.79. The molecule has 0 amide bonds. The molecule has 0 radical (unpaired) electrons. The van der Waals surface area contributed by atoms with Crippen LogP contribution in [0.2, 0.25) is 0 Å². The third kappa shape index (κ3) is 2.95. The summed E-state index contributed by atoms with van der Waals surface area (Å²) in [6, 6.07) is 12.5. The highest BCUT2D eigenvalue weighted by molar-refractivity contribution is 5.27. The van der Waals surface area contributed by atoms with Crippen LogP contribution in [0.1, 0.15) is 5.56 Å². The molecule has 0 spiro atoms. The molecule has 0 heterocycles. The Kier molecular flexibility index (Phi) is 4.32. The molecule has 20 heavy (non-hydrogen) atoms. The second-order valence-electron chi connectivity index (χ2n) is 4.52. The van der Waals surface area contributed by atoms with Gasteiger partial charge in [-0.1, -0.05) is 36.4 Å². The molecule has 3 nitrogen and oxygen atoms in total. The van der Waals surface area contributed by atoms with E-state index in [0.29, 0.717) is 5.56 Å². The lowest BCUT2D eigenvalue weighted by Gasteiger charge is -2.27. The van der Waals surface area contributed by atoms with Gasteiger partial charge >= 0.3 is 0 Å². The maximum absolute atomic E-state index is 13.5. The third-order valence-electron chi connectivity index (χ3n) is 3.03. The van der Waals surface area contributed by atoms with Crippen LogP contribution in [-0.2, 0) is 5.54 Å². The first kappa shape index (κ1) is 14.4. The number of nitrogens with two attached hydrogens (primary N) is 1. The minimum Gasteiger partial charge on any atom is -0.488 e. The van der Waals surface area contributed by atoms with Crippen LogP contribution in [0.25, 0.3) is 0 Å². The predicted molar refractivity (Wildman–Crippen MR) is 71.2 cm³/mol. The highest BCUT2D eigenvalue weighted by atomic mass is 19.2. The summed E-state index contributed by atoms with van der Waals surface area (Å²) in [7, 11) is 0. The molecule has 0 aliphatic heterocycles. The van der Waals surface area contributed by atoms with E-state index < -0.39 is 17.2 Å². The zero-order valence-electron chi connectivity index (χ0n) is 10.7. The SMILES string of the molecule is NC(CO)(COc1cccc(F)c1F)c1ccccc1. The van der Waals surface area contributed by atoms with Crippen molar-refractivity contribution in [2.75, 3.05) is 13.2 Å². The van der Waals surface area contributed by atoms with Crippen molar-refractivity contribution in [2.24, 2.45) is 5.73 Å². The highest BCUT2D eigenvalue weighted by Gasteiger charge is 2.28. The standard InChI is InChI=1S/C15H15F2NO2/c16-12-7-4-8-13(14(12)17)20-10-15(18,9-19)11-5-2-1-3-6-11/h1-8,19H,9-10,18H2. The van der Waals surface area contributed by atoms with Crippen molar-refractivity contribution in [3.8, 4) is 5.75 Å². The van der Waals surface area contributed by atoms with Gasteiger partial charge in [0.2, 0.25) is 5.82 Å². The fraction of sp³-hybridized carbons (Fsp3) is 0.200. The van der Waals surface area contributed by atoms with Crippen LogP contribution >= 0.6 is 0 Å². The highest BCUT2D eigenvalue weighted by Crippen LogP contribution is 2.23. The molecule has 3 N–H and O–H groups in total. The zero-order chi connectivity index (χ0) is 14.6. The van der Waals surface area contributed by atoms with Gasteiger partial charge in [0.05, 0.1) is 12.1 Å². The number of hydrogen-bond acceptors (Lipinski definition) is 3. The fourth-order valence-corrected chi connectivity index (χ4v) is 1.79. The smallest absolute Gasteiger partial charge is 0.200 e. The lowest BCUT2D eigenvalue weighted by atomic mass is 9.93. The van der Waals surface area contributed by atoms with Gasteiger partial charge in [0, 0.05) is 0 Å². The number of aliphatic hydroxyl groups excluding tert-OH is 1. The summed E-state index contributed by atoms with van der Waals surface area (Å²) in [4.78, 5) is 0. The molecule has 0 saturated carbocycles. The maximum Gasteiger partial charge on any atom is 0.200 e. The molecule has 0 fully saturated rings. The van der Waals surface area contributed by atoms with Gasteiger partial charge in [0.15, 0.2) is 11.6 Å². The van der Waals surface area contributed by atoms with Gasteiger partial charge < -0.3 is 15.6 Å². The minimum absolute atomic E-state index is 0.173. The molecule has 1 atom stereocenters. The molecule has 0 bridgehead atoms. The van der Waals surface area contributed by atoms with E-state index in [0.717, 1.165) is 6.07 Å². The van der Waals surface area contributed by atoms with Gasteiger partial charge in [-0.15, -0.1) is 0 Å². The minimum atomic E-state index is -1.18. The number of benzene rings is 2. The van der Waals surface area contributed by atoms with Crippen LogP contribution in [0, 0.1) is 11.6 Å². The molecule has 1 unspecified atom stereocenters. The van der Waals surface area contributed by atoms with Crippen molar-refractivity contribution in [3.05, 3.63) is 65.7 Å². The summed E-state index contributed by atoms with van der Waals surface area (Å²) in [5, 5.41) is 9.47. The Hall–Kier alpha value is -1.98. The molecule has 0 saturated heterocycles. The zero-order valence-corrected chi connectivity index (χ0v) is 10.7. The van der Waals surface area contributed by atoms with Crippen molar-refractivity contribution < 1.29 is 18.6 Å². The van der Waals surface area contributed by atoms with Crippen LogP contribution in [0.5, 0.6) is 5.75 Å². The first-order chi connectivity index (χ1) is 9.57. The van der Waals surface area contributed by atoms with Crippen molar-refractivity contribution >= 4 is 0 Å². The Morgan fingerprint density at radius 1 is 1.05 bits per heavy atom. The van der Waals surface area contributed by atoms with Crippen LogP contribution in [0.15, 0.2) is 48.5 Å². The molecule has 2 rings (SSSR count). The molecule has 0 aliphatic rings. The normalized spacial score (nSPS) is 13.8. The van der Waals surface area contributed by atoms with E-state index in [1.54, 1.807) is 24.3 Å². The van der Waals surface area contributed by atoms with E-state index in [-0.39, 0.29) is 19.0 Å². The summed E-state index contributed by atoms with van der Waals surface area (Å²) >= 11 is 0. The van der Waals surface area contributed by atoms with E-state index in [1.165, 1.54) is 12.1 Å². The average Bonchev–Trinajstić information content (AvgIpc) is 2.49. The molecule has 106 valence electrons. The van der Waals surface area contributed by atoms with Crippen molar-refractivity contribution in [1.82, 2.24) is 0 Å². The predicted octanol–water partition coefficient (Wildman–Crippen LogP) is 2.19. The van der Waals surface area contributed by atoms with Crippen LogP contribution in [-0.4, -0.2) is 18.3 Å². The molecule has 0 aliphatic carbocycles. The van der Waals surface area contributed by atoms with E-state index >= 15 is 0 Å². The lowest BCUT2D eigenvalue weighted by Crippen LogP contribution is -2.46. The topological polar surface area (TPSA) is 55.5 Å². The van der Waals surface area contributed by atoms with E-state index in [1.807, 2.05) is 6.07 Å². The summed E-state index contributed by atoms with van der Waals surface area (Å²) in [5.41, 5.74) is 5.53. The number of hydrogen-bond donors (Lipinski definition) is 2. The average molecular weight is 279 g/mol. The van der Waals surface area contributed by atoms with Crippen LogP contribution in [0.3, 0.4) is 0 Å². The van der Waals surface area contributed by atoms with Gasteiger partial charge in [-0.2, -0.15) is 4.39 Å². The molecule has 2 aromatic carbocycles. The molecular weight excluding hydrogens is 264 g/mol. The van der Waals surface area contributed by atoms with E-state index in [4.69, 9.17) is 10.5 Å². The Morgan fingerprint density at radius 3 is 2.40 bits per heavy atom. The van der Waals surface area contributed by atoms with Gasteiger partial charge in [0.25, 0.3) is 0 Å². The van der Waals surface area contributed by atoms with Gasteiger partial charge in [-0.25, -0.2) is 4.39 Å². The molecule has 2 aromatic rings. The summed E-state index contributed by atoms with van der Waals surface area (Å²) in [6.45, 7) is -0.554. The largest absolute Gasteiger partial charge is 0.488 e. The Labute approximate surface area is 115 Å². The molecule has 0 aromatic heterocycles. The first-order valence-corrected chi connectivity index (χ1v) is 6.09. The molecular formula is C15H15F2NO2. The van der Waals surface area contributed by atoms with Crippen molar-refractivity contribution in [2.45, 2.75) is 5.54 Å². The Balaban J connectivity index is 2.17.